The Balaban J connectivity index is 2.03. The van der Waals surface area contributed by atoms with Gasteiger partial charge in [0.25, 0.3) is 5.91 Å². The monoisotopic (exact) mass is 273 g/mol. The van der Waals surface area contributed by atoms with Gasteiger partial charge in [-0.3, -0.25) is 4.79 Å². The summed E-state index contributed by atoms with van der Waals surface area (Å²) in [4.78, 5) is 12.0. The van der Waals surface area contributed by atoms with E-state index in [2.05, 4.69) is 5.32 Å². The second kappa shape index (κ2) is 5.97. The molecule has 0 saturated carbocycles. The molecule has 0 spiro atoms. The normalized spacial score (nSPS) is 10.1. The summed E-state index contributed by atoms with van der Waals surface area (Å²) < 4.78 is 4.95. The molecule has 0 atom stereocenters. The summed E-state index contributed by atoms with van der Waals surface area (Å²) in [7, 11) is 1.42. The third-order valence-electron chi connectivity index (χ3n) is 2.83. The number of carbonyl (C=O) groups is 1. The Morgan fingerprint density at radius 1 is 1.15 bits per heavy atom. The second-order valence-corrected chi connectivity index (χ2v) is 4.24. The number of carbonyl (C=O) groups excluding carboxylic acids is 1. The van der Waals surface area contributed by atoms with Gasteiger partial charge in [0.2, 0.25) is 0 Å². The molecule has 5 nitrogen and oxygen atoms in total. The molecule has 0 aliphatic rings. The van der Waals surface area contributed by atoms with Crippen LogP contribution in [0.15, 0.2) is 42.5 Å². The maximum atomic E-state index is 12.0. The Morgan fingerprint density at radius 3 is 2.50 bits per heavy atom. The van der Waals surface area contributed by atoms with E-state index in [0.717, 1.165) is 5.56 Å². The van der Waals surface area contributed by atoms with Crippen LogP contribution in [0.25, 0.3) is 0 Å². The zero-order chi connectivity index (χ0) is 14.5. The molecule has 0 fully saturated rings. The third-order valence-corrected chi connectivity index (χ3v) is 2.83. The van der Waals surface area contributed by atoms with E-state index in [1.165, 1.54) is 25.3 Å². The third kappa shape index (κ3) is 3.20. The van der Waals surface area contributed by atoms with Gasteiger partial charge in [0.05, 0.1) is 7.11 Å². The van der Waals surface area contributed by atoms with Crippen LogP contribution in [-0.2, 0) is 6.54 Å². The fourth-order valence-corrected chi connectivity index (χ4v) is 1.72. The summed E-state index contributed by atoms with van der Waals surface area (Å²) in [6.07, 6.45) is 0. The standard InChI is InChI=1S/C15H15NO4/c1-20-14-8-11(4-7-13(14)18)15(19)16-9-10-2-5-12(17)6-3-10/h2-8,17-18H,9H2,1H3,(H,16,19). The first kappa shape index (κ1) is 13.7. The molecule has 20 heavy (non-hydrogen) atoms. The lowest BCUT2D eigenvalue weighted by Gasteiger charge is -2.08. The summed E-state index contributed by atoms with van der Waals surface area (Å²) >= 11 is 0. The van der Waals surface area contributed by atoms with E-state index in [0.29, 0.717) is 12.1 Å². The summed E-state index contributed by atoms with van der Waals surface area (Å²) in [5.41, 5.74) is 1.28. The molecule has 0 aliphatic heterocycles. The molecule has 2 aromatic carbocycles. The van der Waals surface area contributed by atoms with Gasteiger partial charge in [-0.1, -0.05) is 12.1 Å². The molecule has 2 rings (SSSR count). The highest BCUT2D eigenvalue weighted by atomic mass is 16.5. The number of hydrogen-bond donors (Lipinski definition) is 3. The zero-order valence-corrected chi connectivity index (χ0v) is 11.0. The number of phenolic OH excluding ortho intramolecular Hbond substituents is 2. The van der Waals surface area contributed by atoms with Crippen molar-refractivity contribution in [1.29, 1.82) is 0 Å². The van der Waals surface area contributed by atoms with Crippen molar-refractivity contribution in [2.24, 2.45) is 0 Å². The van der Waals surface area contributed by atoms with Gasteiger partial charge in [-0.15, -0.1) is 0 Å². The number of nitrogens with one attached hydrogen (secondary N) is 1. The number of amides is 1. The summed E-state index contributed by atoms with van der Waals surface area (Å²) in [6, 6.07) is 11.0. The molecule has 5 heteroatoms. The molecule has 0 bridgehead atoms. The number of phenols is 2. The van der Waals surface area contributed by atoms with Crippen molar-refractivity contribution in [2.75, 3.05) is 7.11 Å². The number of ether oxygens (including phenoxy) is 1. The molecular weight excluding hydrogens is 258 g/mol. The topological polar surface area (TPSA) is 78.8 Å². The predicted octanol–water partition coefficient (Wildman–Crippen LogP) is 2.04. The average Bonchev–Trinajstić information content (AvgIpc) is 2.47. The molecular formula is C15H15NO4. The first-order valence-electron chi connectivity index (χ1n) is 6.03. The van der Waals surface area contributed by atoms with Crippen LogP contribution >= 0.6 is 0 Å². The molecule has 104 valence electrons. The van der Waals surface area contributed by atoms with Crippen LogP contribution in [0.1, 0.15) is 15.9 Å². The SMILES string of the molecule is COc1cc(C(=O)NCc2ccc(O)cc2)ccc1O. The Kier molecular flexibility index (Phi) is 4.10. The van der Waals surface area contributed by atoms with Crippen LogP contribution in [0, 0.1) is 0 Å². The Hall–Kier alpha value is -2.69. The molecule has 3 N–H and O–H groups in total. The lowest BCUT2D eigenvalue weighted by molar-refractivity contribution is 0.0950. The Bertz CT molecular complexity index is 608. The molecule has 2 aromatic rings. The fourth-order valence-electron chi connectivity index (χ4n) is 1.72. The van der Waals surface area contributed by atoms with Crippen LogP contribution in [0.4, 0.5) is 0 Å². The van der Waals surface area contributed by atoms with Gasteiger partial charge in [-0.25, -0.2) is 0 Å². The van der Waals surface area contributed by atoms with E-state index in [1.54, 1.807) is 24.3 Å². The first-order chi connectivity index (χ1) is 9.60. The largest absolute Gasteiger partial charge is 0.508 e. The lowest BCUT2D eigenvalue weighted by atomic mass is 10.1. The van der Waals surface area contributed by atoms with Crippen LogP contribution in [0.5, 0.6) is 17.2 Å². The Labute approximate surface area is 116 Å². The highest BCUT2D eigenvalue weighted by Gasteiger charge is 2.09. The smallest absolute Gasteiger partial charge is 0.251 e. The number of rotatable bonds is 4. The highest BCUT2D eigenvalue weighted by molar-refractivity contribution is 5.94. The number of benzene rings is 2. The fraction of sp³-hybridized carbons (Fsp3) is 0.133. The maximum absolute atomic E-state index is 12.0. The van der Waals surface area contributed by atoms with Gasteiger partial charge in [-0.2, -0.15) is 0 Å². The van der Waals surface area contributed by atoms with Gasteiger partial charge in [0, 0.05) is 12.1 Å². The summed E-state index contributed by atoms with van der Waals surface area (Å²) in [6.45, 7) is 0.350. The minimum absolute atomic E-state index is 0.0115. The minimum Gasteiger partial charge on any atom is -0.508 e. The van der Waals surface area contributed by atoms with Crippen LogP contribution < -0.4 is 10.1 Å². The van der Waals surface area contributed by atoms with Crippen molar-refractivity contribution >= 4 is 5.91 Å². The van der Waals surface area contributed by atoms with Crippen molar-refractivity contribution in [3.05, 3.63) is 53.6 Å². The molecule has 1 amide bonds. The lowest BCUT2D eigenvalue weighted by Crippen LogP contribution is -2.22. The van der Waals surface area contributed by atoms with Crippen molar-refractivity contribution < 1.29 is 19.7 Å². The second-order valence-electron chi connectivity index (χ2n) is 4.24. The number of aromatic hydroxyl groups is 2. The first-order valence-corrected chi connectivity index (χ1v) is 6.03. The minimum atomic E-state index is -0.267. The van der Waals surface area contributed by atoms with Crippen molar-refractivity contribution in [3.63, 3.8) is 0 Å². The maximum Gasteiger partial charge on any atom is 0.251 e. The molecule has 0 aliphatic carbocycles. The quantitative estimate of drug-likeness (QED) is 0.796. The van der Waals surface area contributed by atoms with Gasteiger partial charge in [0.15, 0.2) is 11.5 Å². The zero-order valence-electron chi connectivity index (χ0n) is 11.0. The van der Waals surface area contributed by atoms with Gasteiger partial charge >= 0.3 is 0 Å². The van der Waals surface area contributed by atoms with Gasteiger partial charge in [0.1, 0.15) is 5.75 Å². The van der Waals surface area contributed by atoms with Crippen LogP contribution in [0.3, 0.4) is 0 Å². The predicted molar refractivity (Wildman–Crippen MR) is 73.9 cm³/mol. The van der Waals surface area contributed by atoms with E-state index in [1.807, 2.05) is 0 Å². The number of hydrogen-bond acceptors (Lipinski definition) is 4. The summed E-state index contributed by atoms with van der Waals surface area (Å²) in [5.74, 6) is 0.157. The molecule has 0 aromatic heterocycles. The van der Waals surface area contributed by atoms with Crippen molar-refractivity contribution in [1.82, 2.24) is 5.32 Å². The van der Waals surface area contributed by atoms with Gasteiger partial charge < -0.3 is 20.3 Å². The van der Waals surface area contributed by atoms with E-state index in [9.17, 15) is 15.0 Å². The van der Waals surface area contributed by atoms with Crippen LogP contribution in [0.2, 0.25) is 0 Å². The van der Waals surface area contributed by atoms with Crippen LogP contribution in [-0.4, -0.2) is 23.2 Å². The highest BCUT2D eigenvalue weighted by Crippen LogP contribution is 2.26. The number of methoxy groups -OCH3 is 1. The van der Waals surface area contributed by atoms with E-state index >= 15 is 0 Å². The average molecular weight is 273 g/mol. The van der Waals surface area contributed by atoms with Crippen molar-refractivity contribution in [2.45, 2.75) is 6.54 Å². The van der Waals surface area contributed by atoms with E-state index < -0.39 is 0 Å². The molecule has 0 saturated heterocycles. The Morgan fingerprint density at radius 2 is 1.85 bits per heavy atom. The van der Waals surface area contributed by atoms with Crippen molar-refractivity contribution in [3.8, 4) is 17.2 Å². The van der Waals surface area contributed by atoms with E-state index in [-0.39, 0.29) is 23.2 Å². The molecule has 0 radical (unpaired) electrons. The molecule has 0 heterocycles. The molecule has 0 unspecified atom stereocenters. The van der Waals surface area contributed by atoms with Gasteiger partial charge in [-0.05, 0) is 35.9 Å². The summed E-state index contributed by atoms with van der Waals surface area (Å²) in [5, 5.41) is 21.4. The van der Waals surface area contributed by atoms with E-state index in [4.69, 9.17) is 4.74 Å².